The molecule has 2 amide bonds. The second-order valence-corrected chi connectivity index (χ2v) is 5.71. The summed E-state index contributed by atoms with van der Waals surface area (Å²) < 4.78 is 5.10. The predicted molar refractivity (Wildman–Crippen MR) is 92.0 cm³/mol. The highest BCUT2D eigenvalue weighted by atomic mass is 16.5. The third kappa shape index (κ3) is 3.46. The maximum absolute atomic E-state index is 12.5. The summed E-state index contributed by atoms with van der Waals surface area (Å²) in [7, 11) is 1.58. The number of hydrogen-bond donors (Lipinski definition) is 1. The Bertz CT molecular complexity index is 713. The lowest BCUT2D eigenvalue weighted by Crippen LogP contribution is -2.39. The number of nitrogens with one attached hydrogen (secondary N) is 1. The summed E-state index contributed by atoms with van der Waals surface area (Å²) in [5, 5.41) is 3.20. The van der Waals surface area contributed by atoms with Gasteiger partial charge in [-0.25, -0.2) is 4.90 Å². The van der Waals surface area contributed by atoms with Gasteiger partial charge in [-0.15, -0.1) is 0 Å². The summed E-state index contributed by atoms with van der Waals surface area (Å²) in [5.74, 6) is 0.316. The van der Waals surface area contributed by atoms with Crippen LogP contribution < -0.4 is 15.0 Å². The Morgan fingerprint density at radius 2 is 1.79 bits per heavy atom. The van der Waals surface area contributed by atoms with Crippen LogP contribution in [0.5, 0.6) is 5.75 Å². The molecule has 0 bridgehead atoms. The van der Waals surface area contributed by atoms with Gasteiger partial charge in [-0.3, -0.25) is 9.59 Å². The lowest BCUT2D eigenvalue weighted by atomic mass is 10.1. The van der Waals surface area contributed by atoms with Crippen molar-refractivity contribution < 1.29 is 14.3 Å². The smallest absolute Gasteiger partial charge is 0.251 e. The Balaban J connectivity index is 1.61. The van der Waals surface area contributed by atoms with E-state index in [1.807, 2.05) is 30.3 Å². The summed E-state index contributed by atoms with van der Waals surface area (Å²) in [5.41, 5.74) is 1.78. The van der Waals surface area contributed by atoms with Crippen molar-refractivity contribution in [1.82, 2.24) is 5.32 Å². The average Bonchev–Trinajstić information content (AvgIpc) is 2.90. The van der Waals surface area contributed by atoms with Crippen LogP contribution in [-0.4, -0.2) is 31.5 Å². The molecule has 3 rings (SSSR count). The van der Waals surface area contributed by atoms with E-state index in [1.165, 1.54) is 10.5 Å². The van der Waals surface area contributed by atoms with Gasteiger partial charge >= 0.3 is 0 Å². The first-order valence-corrected chi connectivity index (χ1v) is 7.97. The minimum Gasteiger partial charge on any atom is -0.497 e. The number of nitrogens with zero attached hydrogens (tertiary/aromatic N) is 1. The Hall–Kier alpha value is -2.66. The molecular weight excluding hydrogens is 304 g/mol. The first-order chi connectivity index (χ1) is 11.7. The molecule has 0 spiro atoms. The SMILES string of the molecule is COc1ccc(N2C(=O)CC(NCCc3ccccc3)C2=O)cc1. The molecule has 24 heavy (non-hydrogen) atoms. The van der Waals surface area contributed by atoms with Gasteiger partial charge in [0, 0.05) is 0 Å². The molecule has 0 aliphatic carbocycles. The van der Waals surface area contributed by atoms with Crippen molar-refractivity contribution in [3.63, 3.8) is 0 Å². The lowest BCUT2D eigenvalue weighted by Gasteiger charge is -2.16. The van der Waals surface area contributed by atoms with Crippen LogP contribution in [0.25, 0.3) is 0 Å². The number of ether oxygens (including phenoxy) is 1. The fraction of sp³-hybridized carbons (Fsp3) is 0.263. The number of rotatable bonds is 6. The van der Waals surface area contributed by atoms with Crippen LogP contribution in [0.4, 0.5) is 5.69 Å². The Morgan fingerprint density at radius 3 is 2.46 bits per heavy atom. The summed E-state index contributed by atoms with van der Waals surface area (Å²) in [6.07, 6.45) is 1.01. The number of benzene rings is 2. The van der Waals surface area contributed by atoms with Crippen molar-refractivity contribution in [1.29, 1.82) is 0 Å². The standard InChI is InChI=1S/C19H20N2O3/c1-24-16-9-7-15(8-10-16)21-18(22)13-17(19(21)23)20-12-11-14-5-3-2-4-6-14/h2-10,17,20H,11-13H2,1H3. The highest BCUT2D eigenvalue weighted by Crippen LogP contribution is 2.25. The molecule has 1 aliphatic heterocycles. The Morgan fingerprint density at radius 1 is 1.08 bits per heavy atom. The van der Waals surface area contributed by atoms with Crippen molar-refractivity contribution in [2.75, 3.05) is 18.6 Å². The van der Waals surface area contributed by atoms with E-state index in [0.29, 0.717) is 18.0 Å². The molecule has 1 saturated heterocycles. The van der Waals surface area contributed by atoms with E-state index in [0.717, 1.165) is 6.42 Å². The quantitative estimate of drug-likeness (QED) is 0.827. The van der Waals surface area contributed by atoms with E-state index < -0.39 is 6.04 Å². The number of carbonyl (C=O) groups excluding carboxylic acids is 2. The highest BCUT2D eigenvalue weighted by molar-refractivity contribution is 6.22. The monoisotopic (exact) mass is 324 g/mol. The first kappa shape index (κ1) is 16.2. The Kier molecular flexibility index (Phi) is 4.91. The van der Waals surface area contributed by atoms with Gasteiger partial charge in [-0.1, -0.05) is 30.3 Å². The zero-order chi connectivity index (χ0) is 16.9. The molecule has 0 aromatic heterocycles. The van der Waals surface area contributed by atoms with Crippen molar-refractivity contribution in [2.24, 2.45) is 0 Å². The molecule has 0 radical (unpaired) electrons. The van der Waals surface area contributed by atoms with Crippen LogP contribution >= 0.6 is 0 Å². The highest BCUT2D eigenvalue weighted by Gasteiger charge is 2.39. The van der Waals surface area contributed by atoms with Crippen LogP contribution in [0.2, 0.25) is 0 Å². The molecule has 0 saturated carbocycles. The molecule has 1 heterocycles. The van der Waals surface area contributed by atoms with E-state index in [9.17, 15) is 9.59 Å². The van der Waals surface area contributed by atoms with Gasteiger partial charge in [0.15, 0.2) is 0 Å². The molecule has 5 nitrogen and oxygen atoms in total. The zero-order valence-corrected chi connectivity index (χ0v) is 13.6. The predicted octanol–water partition coefficient (Wildman–Crippen LogP) is 2.16. The van der Waals surface area contributed by atoms with Crippen molar-refractivity contribution >= 4 is 17.5 Å². The molecule has 5 heteroatoms. The van der Waals surface area contributed by atoms with E-state index >= 15 is 0 Å². The van der Waals surface area contributed by atoms with Crippen molar-refractivity contribution in [2.45, 2.75) is 18.9 Å². The van der Waals surface area contributed by atoms with Crippen LogP contribution in [0.15, 0.2) is 54.6 Å². The third-order valence-electron chi connectivity index (χ3n) is 4.12. The van der Waals surface area contributed by atoms with Crippen molar-refractivity contribution in [3.05, 3.63) is 60.2 Å². The number of amides is 2. The maximum Gasteiger partial charge on any atom is 0.251 e. The lowest BCUT2D eigenvalue weighted by molar-refractivity contribution is -0.121. The number of anilines is 1. The molecule has 2 aromatic carbocycles. The van der Waals surface area contributed by atoms with Crippen LogP contribution in [0.3, 0.4) is 0 Å². The molecule has 1 aliphatic rings. The molecule has 1 N–H and O–H groups in total. The number of methoxy groups -OCH3 is 1. The fourth-order valence-corrected chi connectivity index (χ4v) is 2.83. The van der Waals surface area contributed by atoms with E-state index in [2.05, 4.69) is 5.32 Å². The minimum absolute atomic E-state index is 0.178. The third-order valence-corrected chi connectivity index (χ3v) is 4.12. The minimum atomic E-state index is -0.455. The van der Waals surface area contributed by atoms with Gasteiger partial charge < -0.3 is 10.1 Å². The molecule has 1 atom stereocenters. The van der Waals surface area contributed by atoms with Crippen LogP contribution in [-0.2, 0) is 16.0 Å². The second kappa shape index (κ2) is 7.27. The van der Waals surface area contributed by atoms with Gasteiger partial charge in [0.05, 0.1) is 25.3 Å². The van der Waals surface area contributed by atoms with Crippen molar-refractivity contribution in [3.8, 4) is 5.75 Å². The van der Waals surface area contributed by atoms with Gasteiger partial charge in [0.1, 0.15) is 5.75 Å². The van der Waals surface area contributed by atoms with Gasteiger partial charge in [0.2, 0.25) is 5.91 Å². The molecule has 124 valence electrons. The fourth-order valence-electron chi connectivity index (χ4n) is 2.83. The number of imide groups is 1. The molecule has 1 unspecified atom stereocenters. The maximum atomic E-state index is 12.5. The Labute approximate surface area is 141 Å². The summed E-state index contributed by atoms with van der Waals surface area (Å²) in [4.78, 5) is 26.0. The number of carbonyl (C=O) groups is 2. The average molecular weight is 324 g/mol. The van der Waals surface area contributed by atoms with E-state index in [1.54, 1.807) is 31.4 Å². The van der Waals surface area contributed by atoms with Gasteiger partial charge in [-0.2, -0.15) is 0 Å². The number of hydrogen-bond acceptors (Lipinski definition) is 4. The summed E-state index contributed by atoms with van der Waals surface area (Å²) in [6, 6.07) is 16.5. The largest absolute Gasteiger partial charge is 0.497 e. The summed E-state index contributed by atoms with van der Waals surface area (Å²) in [6.45, 7) is 0.657. The van der Waals surface area contributed by atoms with E-state index in [4.69, 9.17) is 4.74 Å². The molecular formula is C19H20N2O3. The van der Waals surface area contributed by atoms with Gasteiger partial charge in [0.25, 0.3) is 5.91 Å². The molecule has 1 fully saturated rings. The van der Waals surface area contributed by atoms with Crippen LogP contribution in [0.1, 0.15) is 12.0 Å². The second-order valence-electron chi connectivity index (χ2n) is 5.71. The summed E-state index contributed by atoms with van der Waals surface area (Å²) >= 11 is 0. The van der Waals surface area contributed by atoms with Crippen LogP contribution in [0, 0.1) is 0 Å². The van der Waals surface area contributed by atoms with Gasteiger partial charge in [-0.05, 0) is 42.8 Å². The zero-order valence-electron chi connectivity index (χ0n) is 13.6. The van der Waals surface area contributed by atoms with E-state index in [-0.39, 0.29) is 18.2 Å². The molecule has 2 aromatic rings. The first-order valence-electron chi connectivity index (χ1n) is 7.97. The normalized spacial score (nSPS) is 17.4. The topological polar surface area (TPSA) is 58.6 Å².